The van der Waals surface area contributed by atoms with Gasteiger partial charge < -0.3 is 0 Å². The molecule has 0 heteroatoms. The van der Waals surface area contributed by atoms with Gasteiger partial charge in [-0.25, -0.2) is 0 Å². The molecule has 38 heavy (non-hydrogen) atoms. The molecule has 0 aliphatic heterocycles. The lowest BCUT2D eigenvalue weighted by Gasteiger charge is -2.19. The monoisotopic (exact) mass is 496 g/mol. The van der Waals surface area contributed by atoms with Crippen molar-refractivity contribution < 1.29 is 0 Å². The van der Waals surface area contributed by atoms with E-state index in [1.165, 1.54) is 66.4 Å². The lowest BCUT2D eigenvalue weighted by atomic mass is 9.86. The Labute approximate surface area is 229 Å². The fourth-order valence-corrected chi connectivity index (χ4v) is 5.39. The molecule has 4 aromatic rings. The summed E-state index contributed by atoms with van der Waals surface area (Å²) in [5.74, 6) is 0. The highest BCUT2D eigenvalue weighted by Gasteiger charge is 2.14. The van der Waals surface area contributed by atoms with Crippen molar-refractivity contribution in [2.45, 2.75) is 54.4 Å². The summed E-state index contributed by atoms with van der Waals surface area (Å²) in [7, 11) is 0. The van der Waals surface area contributed by atoms with Gasteiger partial charge in [0.1, 0.15) is 0 Å². The van der Waals surface area contributed by atoms with Crippen molar-refractivity contribution in [3.8, 4) is 11.1 Å². The highest BCUT2D eigenvalue weighted by atomic mass is 14.2. The molecule has 0 N–H and O–H groups in total. The van der Waals surface area contributed by atoms with Gasteiger partial charge in [0.25, 0.3) is 0 Å². The molecule has 0 aliphatic carbocycles. The molecule has 0 fully saturated rings. The average Bonchev–Trinajstić information content (AvgIpc) is 2.94. The number of aryl methyl sites for hydroxylation is 1. The topological polar surface area (TPSA) is 0 Å². The lowest BCUT2D eigenvalue weighted by Crippen LogP contribution is -1.99. The first kappa shape index (κ1) is 27.1. The maximum absolute atomic E-state index is 2.31. The van der Waals surface area contributed by atoms with E-state index < -0.39 is 0 Å². The molecule has 0 heterocycles. The van der Waals surface area contributed by atoms with Crippen LogP contribution in [0.2, 0.25) is 0 Å². The fraction of sp³-hybridized carbons (Fsp3) is 0.211. The van der Waals surface area contributed by atoms with Gasteiger partial charge in [0, 0.05) is 0 Å². The Hall–Kier alpha value is -3.90. The van der Waals surface area contributed by atoms with Crippen molar-refractivity contribution in [2.75, 3.05) is 0 Å². The molecule has 192 valence electrons. The summed E-state index contributed by atoms with van der Waals surface area (Å²) in [4.78, 5) is 0. The van der Waals surface area contributed by atoms with Gasteiger partial charge in [-0.1, -0.05) is 122 Å². The highest BCUT2D eigenvalue weighted by Crippen LogP contribution is 2.34. The van der Waals surface area contributed by atoms with Crippen molar-refractivity contribution in [2.24, 2.45) is 0 Å². The van der Waals surface area contributed by atoms with Crippen molar-refractivity contribution in [1.82, 2.24) is 0 Å². The highest BCUT2D eigenvalue weighted by molar-refractivity contribution is 5.87. The summed E-state index contributed by atoms with van der Waals surface area (Å²) >= 11 is 0. The van der Waals surface area contributed by atoms with Gasteiger partial charge in [-0.15, -0.1) is 0 Å². The second-order valence-corrected chi connectivity index (χ2v) is 10.2. The van der Waals surface area contributed by atoms with Gasteiger partial charge >= 0.3 is 0 Å². The zero-order valence-corrected chi connectivity index (χ0v) is 23.8. The first-order valence-electron chi connectivity index (χ1n) is 13.8. The Morgan fingerprint density at radius 3 is 2.21 bits per heavy atom. The molecule has 0 spiro atoms. The van der Waals surface area contributed by atoms with Gasteiger partial charge in [-0.05, 0) is 108 Å². The van der Waals surface area contributed by atoms with Gasteiger partial charge in [0.15, 0.2) is 0 Å². The predicted molar refractivity (Wildman–Crippen MR) is 169 cm³/mol. The molecule has 0 radical (unpaired) electrons. The molecule has 0 saturated heterocycles. The van der Waals surface area contributed by atoms with Crippen LogP contribution >= 0.6 is 0 Å². The van der Waals surface area contributed by atoms with Crippen LogP contribution in [0.5, 0.6) is 0 Å². The van der Waals surface area contributed by atoms with E-state index in [0.717, 1.165) is 12.8 Å². The van der Waals surface area contributed by atoms with E-state index in [0.29, 0.717) is 0 Å². The Bertz CT molecular complexity index is 1530. The third-order valence-corrected chi connectivity index (χ3v) is 7.75. The minimum absolute atomic E-state index is 0.958. The minimum atomic E-state index is 0.958. The zero-order valence-electron chi connectivity index (χ0n) is 23.8. The van der Waals surface area contributed by atoms with Crippen molar-refractivity contribution in [1.29, 1.82) is 0 Å². The maximum Gasteiger partial charge on any atom is -0.00551 e. The van der Waals surface area contributed by atoms with Crippen LogP contribution in [-0.4, -0.2) is 0 Å². The first-order chi connectivity index (χ1) is 18.4. The van der Waals surface area contributed by atoms with Gasteiger partial charge in [0.05, 0.1) is 0 Å². The first-order valence-corrected chi connectivity index (χ1v) is 13.8. The molecule has 0 unspecified atom stereocenters. The molecule has 0 bridgehead atoms. The van der Waals surface area contributed by atoms with E-state index >= 15 is 0 Å². The van der Waals surface area contributed by atoms with Crippen LogP contribution in [0.1, 0.15) is 56.4 Å². The van der Waals surface area contributed by atoms with E-state index in [1.54, 1.807) is 0 Å². The summed E-state index contributed by atoms with van der Waals surface area (Å²) in [6.07, 6.45) is 10.5. The molecule has 0 atom stereocenters. The zero-order chi connectivity index (χ0) is 27.1. The van der Waals surface area contributed by atoms with E-state index in [-0.39, 0.29) is 0 Å². The predicted octanol–water partition coefficient (Wildman–Crippen LogP) is 11.0. The molecule has 4 rings (SSSR count). The van der Waals surface area contributed by atoms with Crippen LogP contribution in [0.4, 0.5) is 0 Å². The van der Waals surface area contributed by atoms with Crippen molar-refractivity contribution >= 4 is 16.3 Å². The molecule has 0 saturated carbocycles. The third kappa shape index (κ3) is 5.97. The fourth-order valence-electron chi connectivity index (χ4n) is 5.39. The second-order valence-electron chi connectivity index (χ2n) is 10.2. The number of allylic oxidation sites excluding steroid dienone is 8. The van der Waals surface area contributed by atoms with Crippen molar-refractivity contribution in [3.63, 3.8) is 0 Å². The molecule has 4 aromatic carbocycles. The second kappa shape index (κ2) is 12.6. The number of hydrogen-bond acceptors (Lipinski definition) is 0. The molecular formula is C38H40. The smallest absolute Gasteiger partial charge is 0.00551 e. The quantitative estimate of drug-likeness (QED) is 0.213. The van der Waals surface area contributed by atoms with Crippen LogP contribution in [0, 0.1) is 13.8 Å². The standard InChI is InChI=1S/C38H40/c1-7-9-10-15-28(4)38(34-24-22-33(23-25-34)36-21-13-16-27(3)29(36)5)30(6)31(8-2)26-35-19-14-18-32-17-11-12-20-37(32)35/h7,9-25H,8,26H2,1-6H3/b9-7-,15-10-,31-30-,38-28-. The van der Waals surface area contributed by atoms with Gasteiger partial charge in [-0.3, -0.25) is 0 Å². The number of benzene rings is 4. The Balaban J connectivity index is 1.81. The van der Waals surface area contributed by atoms with Gasteiger partial charge in [0.2, 0.25) is 0 Å². The average molecular weight is 497 g/mol. The minimum Gasteiger partial charge on any atom is -0.0877 e. The van der Waals surface area contributed by atoms with E-state index in [2.05, 4.69) is 151 Å². The van der Waals surface area contributed by atoms with Crippen LogP contribution < -0.4 is 0 Å². The molecular weight excluding hydrogens is 456 g/mol. The number of rotatable bonds is 8. The summed E-state index contributed by atoms with van der Waals surface area (Å²) in [6.45, 7) is 13.3. The maximum atomic E-state index is 2.31. The summed E-state index contributed by atoms with van der Waals surface area (Å²) in [6, 6.07) is 31.1. The van der Waals surface area contributed by atoms with Crippen molar-refractivity contribution in [3.05, 3.63) is 148 Å². The normalized spacial score (nSPS) is 13.3. The van der Waals surface area contributed by atoms with Crippen LogP contribution in [0.25, 0.3) is 27.5 Å². The molecule has 0 aliphatic rings. The summed E-state index contributed by atoms with van der Waals surface area (Å²) < 4.78 is 0. The number of hydrogen-bond donors (Lipinski definition) is 0. The molecule has 0 aromatic heterocycles. The van der Waals surface area contributed by atoms with Crippen LogP contribution in [-0.2, 0) is 6.42 Å². The van der Waals surface area contributed by atoms with E-state index in [4.69, 9.17) is 0 Å². The Morgan fingerprint density at radius 1 is 0.763 bits per heavy atom. The molecule has 0 amide bonds. The van der Waals surface area contributed by atoms with Crippen LogP contribution in [0.15, 0.2) is 126 Å². The van der Waals surface area contributed by atoms with Crippen LogP contribution in [0.3, 0.4) is 0 Å². The third-order valence-electron chi connectivity index (χ3n) is 7.75. The number of fused-ring (bicyclic) bond motifs is 1. The largest absolute Gasteiger partial charge is 0.0877 e. The van der Waals surface area contributed by atoms with Gasteiger partial charge in [-0.2, -0.15) is 0 Å². The lowest BCUT2D eigenvalue weighted by molar-refractivity contribution is 0.988. The molecule has 0 nitrogen and oxygen atoms in total. The SMILES string of the molecule is C\C=C/C=C\C(C)=C(\C(C)=C(\CC)Cc1cccc2ccccc12)c1ccc(-c2cccc(C)c2C)cc1. The van der Waals surface area contributed by atoms with E-state index in [9.17, 15) is 0 Å². The van der Waals surface area contributed by atoms with E-state index in [1.807, 2.05) is 0 Å². The summed E-state index contributed by atoms with van der Waals surface area (Å²) in [5, 5.41) is 2.66. The Morgan fingerprint density at radius 2 is 1.47 bits per heavy atom. The Kier molecular flexibility index (Phi) is 8.98. The summed E-state index contributed by atoms with van der Waals surface area (Å²) in [5.41, 5.74) is 13.4.